The molecule has 1 amide bonds. The van der Waals surface area contributed by atoms with Crippen molar-refractivity contribution in [1.82, 2.24) is 15.1 Å². The van der Waals surface area contributed by atoms with Gasteiger partial charge in [0.15, 0.2) is 0 Å². The molecule has 1 heterocycles. The number of rotatable bonds is 5. The zero-order valence-corrected chi connectivity index (χ0v) is 15.8. The summed E-state index contributed by atoms with van der Waals surface area (Å²) in [5, 5.41) is 2.94. The lowest BCUT2D eigenvalue weighted by Gasteiger charge is -2.41. The van der Waals surface area contributed by atoms with Crippen molar-refractivity contribution in [2.24, 2.45) is 5.92 Å². The van der Waals surface area contributed by atoms with Gasteiger partial charge >= 0.3 is 0 Å². The van der Waals surface area contributed by atoms with Gasteiger partial charge in [0.25, 0.3) is 0 Å². The van der Waals surface area contributed by atoms with Crippen molar-refractivity contribution in [1.29, 1.82) is 0 Å². The summed E-state index contributed by atoms with van der Waals surface area (Å²) in [7, 11) is 3.76. The number of hydrogen-bond donors (Lipinski definition) is 1. The molecule has 0 spiro atoms. The number of benzene rings is 1. The summed E-state index contributed by atoms with van der Waals surface area (Å²) in [6, 6.07) is 11.0. The van der Waals surface area contributed by atoms with Crippen LogP contribution in [0.25, 0.3) is 0 Å². The molecule has 2 atom stereocenters. The van der Waals surface area contributed by atoms with Crippen LogP contribution in [-0.2, 0) is 11.3 Å². The second kappa shape index (κ2) is 10.9. The first kappa shape index (κ1) is 22.2. The Hall–Kier alpha value is -0.810. The average Bonchev–Trinajstić information content (AvgIpc) is 2.48. The lowest BCUT2D eigenvalue weighted by Crippen LogP contribution is -2.51. The molecule has 1 saturated heterocycles. The zero-order valence-electron chi connectivity index (χ0n) is 14.2. The van der Waals surface area contributed by atoms with Gasteiger partial charge in [0.05, 0.1) is 6.54 Å². The van der Waals surface area contributed by atoms with E-state index in [1.807, 2.05) is 19.0 Å². The zero-order chi connectivity index (χ0) is 15.2. The van der Waals surface area contributed by atoms with Crippen LogP contribution in [0.5, 0.6) is 0 Å². The number of piperidine rings is 1. The molecule has 132 valence electrons. The Bertz CT molecular complexity index is 458. The summed E-state index contributed by atoms with van der Waals surface area (Å²) in [6.45, 7) is 5.79. The second-order valence-corrected chi connectivity index (χ2v) is 6.09. The van der Waals surface area contributed by atoms with Crippen molar-refractivity contribution in [3.63, 3.8) is 0 Å². The van der Waals surface area contributed by atoms with Crippen molar-refractivity contribution in [3.8, 4) is 0 Å². The summed E-state index contributed by atoms with van der Waals surface area (Å²) in [5.41, 5.74) is 1.36. The third kappa shape index (κ3) is 6.30. The number of halogens is 2. The van der Waals surface area contributed by atoms with E-state index >= 15 is 0 Å². The maximum Gasteiger partial charge on any atom is 0.236 e. The van der Waals surface area contributed by atoms with E-state index in [0.29, 0.717) is 18.5 Å². The Morgan fingerprint density at radius 3 is 2.52 bits per heavy atom. The Balaban J connectivity index is 0.00000242. The molecule has 1 aromatic carbocycles. The van der Waals surface area contributed by atoms with Gasteiger partial charge in [-0.2, -0.15) is 0 Å². The molecule has 4 nitrogen and oxygen atoms in total. The van der Waals surface area contributed by atoms with Crippen LogP contribution in [0, 0.1) is 5.92 Å². The molecule has 0 saturated carbocycles. The molecule has 1 aliphatic heterocycles. The van der Waals surface area contributed by atoms with E-state index in [1.54, 1.807) is 0 Å². The molecule has 2 rings (SSSR count). The number of hydrogen-bond acceptors (Lipinski definition) is 3. The highest BCUT2D eigenvalue weighted by molar-refractivity contribution is 5.85. The Labute approximate surface area is 152 Å². The van der Waals surface area contributed by atoms with Crippen LogP contribution in [0.15, 0.2) is 30.3 Å². The van der Waals surface area contributed by atoms with Crippen molar-refractivity contribution in [2.75, 3.05) is 33.7 Å². The first-order valence-electron chi connectivity index (χ1n) is 7.78. The fourth-order valence-electron chi connectivity index (χ4n) is 3.24. The average molecular weight is 362 g/mol. The largest absolute Gasteiger partial charge is 0.341 e. The molecule has 0 aliphatic carbocycles. The lowest BCUT2D eigenvalue weighted by atomic mass is 9.92. The van der Waals surface area contributed by atoms with Gasteiger partial charge < -0.3 is 10.2 Å². The summed E-state index contributed by atoms with van der Waals surface area (Å²) in [6.07, 6.45) is 1.06. The topological polar surface area (TPSA) is 35.6 Å². The molecular weight excluding hydrogens is 333 g/mol. The van der Waals surface area contributed by atoms with Gasteiger partial charge in [-0.25, -0.2) is 0 Å². The predicted molar refractivity (Wildman–Crippen MR) is 100 cm³/mol. The lowest BCUT2D eigenvalue weighted by molar-refractivity contribution is -0.133. The number of nitrogens with one attached hydrogen (secondary N) is 1. The van der Waals surface area contributed by atoms with Crippen molar-refractivity contribution in [3.05, 3.63) is 35.9 Å². The van der Waals surface area contributed by atoms with Crippen LogP contribution in [0.3, 0.4) is 0 Å². The van der Waals surface area contributed by atoms with Crippen LogP contribution >= 0.6 is 24.8 Å². The Morgan fingerprint density at radius 1 is 1.30 bits per heavy atom. The fraction of sp³-hybridized carbons (Fsp3) is 0.588. The van der Waals surface area contributed by atoms with Gasteiger partial charge in [-0.1, -0.05) is 37.3 Å². The number of amides is 1. The molecule has 0 aromatic heterocycles. The standard InChI is InChI=1S/C17H27N3O.2ClH/c1-14-12-20(13-15-7-5-4-6-8-15)10-9-16(14)19(3)17(21)11-18-2;;/h4-8,14,16,18H,9-13H2,1-3H3;2*1H. The third-order valence-electron chi connectivity index (χ3n) is 4.41. The van der Waals surface area contributed by atoms with Gasteiger partial charge in [0.2, 0.25) is 5.91 Å². The monoisotopic (exact) mass is 361 g/mol. The first-order valence-corrected chi connectivity index (χ1v) is 7.78. The molecule has 1 N–H and O–H groups in total. The highest BCUT2D eigenvalue weighted by Gasteiger charge is 2.30. The minimum Gasteiger partial charge on any atom is -0.341 e. The van der Waals surface area contributed by atoms with Crippen molar-refractivity contribution >= 4 is 30.7 Å². The van der Waals surface area contributed by atoms with Crippen LogP contribution in [0.4, 0.5) is 0 Å². The quantitative estimate of drug-likeness (QED) is 0.874. The minimum absolute atomic E-state index is 0. The van der Waals surface area contributed by atoms with Gasteiger partial charge in [-0.05, 0) is 24.9 Å². The van der Waals surface area contributed by atoms with Gasteiger partial charge in [-0.15, -0.1) is 24.8 Å². The molecule has 2 unspecified atom stereocenters. The summed E-state index contributed by atoms with van der Waals surface area (Å²) in [4.78, 5) is 16.4. The highest BCUT2D eigenvalue weighted by atomic mass is 35.5. The molecule has 6 heteroatoms. The van der Waals surface area contributed by atoms with Crippen LogP contribution in [0.1, 0.15) is 18.9 Å². The van der Waals surface area contributed by atoms with Crippen LogP contribution in [-0.4, -0.2) is 55.5 Å². The Morgan fingerprint density at radius 2 is 1.96 bits per heavy atom. The predicted octanol–water partition coefficient (Wildman–Crippen LogP) is 2.42. The van der Waals surface area contributed by atoms with Gasteiger partial charge in [-0.3, -0.25) is 9.69 Å². The number of likely N-dealkylation sites (N-methyl/N-ethyl adjacent to an activating group) is 2. The van der Waals surface area contributed by atoms with E-state index in [4.69, 9.17) is 0 Å². The minimum atomic E-state index is 0. The smallest absolute Gasteiger partial charge is 0.236 e. The number of likely N-dealkylation sites (tertiary alicyclic amines) is 1. The molecule has 1 aliphatic rings. The molecule has 1 fully saturated rings. The molecule has 0 bridgehead atoms. The van der Waals surface area contributed by atoms with Crippen LogP contribution in [0.2, 0.25) is 0 Å². The van der Waals surface area contributed by atoms with E-state index < -0.39 is 0 Å². The van der Waals surface area contributed by atoms with Crippen molar-refractivity contribution < 1.29 is 4.79 Å². The number of carbonyl (C=O) groups excluding carboxylic acids is 1. The third-order valence-corrected chi connectivity index (χ3v) is 4.41. The van der Waals surface area contributed by atoms with E-state index in [2.05, 4.69) is 47.5 Å². The van der Waals surface area contributed by atoms with Gasteiger partial charge in [0.1, 0.15) is 0 Å². The fourth-order valence-corrected chi connectivity index (χ4v) is 3.24. The normalized spacial score (nSPS) is 21.0. The maximum absolute atomic E-state index is 12.0. The van der Waals surface area contributed by atoms with E-state index in [1.165, 1.54) is 5.56 Å². The molecule has 1 aromatic rings. The number of nitrogens with zero attached hydrogens (tertiary/aromatic N) is 2. The van der Waals surface area contributed by atoms with Gasteiger partial charge in [0, 0.05) is 32.7 Å². The summed E-state index contributed by atoms with van der Waals surface area (Å²) in [5.74, 6) is 0.694. The highest BCUT2D eigenvalue weighted by Crippen LogP contribution is 2.22. The van der Waals surface area contributed by atoms with E-state index in [0.717, 1.165) is 26.1 Å². The summed E-state index contributed by atoms with van der Waals surface area (Å²) >= 11 is 0. The Kier molecular flexibility index (Phi) is 10.5. The maximum atomic E-state index is 12.0. The first-order chi connectivity index (χ1) is 10.1. The van der Waals surface area contributed by atoms with E-state index in [9.17, 15) is 4.79 Å². The molecule has 0 radical (unpaired) electrons. The second-order valence-electron chi connectivity index (χ2n) is 6.09. The van der Waals surface area contributed by atoms with Crippen molar-refractivity contribution in [2.45, 2.75) is 25.9 Å². The van der Waals surface area contributed by atoms with Crippen LogP contribution < -0.4 is 5.32 Å². The van der Waals surface area contributed by atoms with E-state index in [-0.39, 0.29) is 30.7 Å². The number of carbonyl (C=O) groups is 1. The SMILES string of the molecule is CNCC(=O)N(C)C1CCN(Cc2ccccc2)CC1C.Cl.Cl. The molecular formula is C17H29Cl2N3O. The summed E-state index contributed by atoms with van der Waals surface area (Å²) < 4.78 is 0. The molecule has 23 heavy (non-hydrogen) atoms.